The smallest absolute Gasteiger partial charge is 0.0488 e. The Kier molecular flexibility index (Phi) is 4.13. The van der Waals surface area contributed by atoms with E-state index in [-0.39, 0.29) is 0 Å². The number of hydrogen-bond donors (Lipinski definition) is 1. The van der Waals surface area contributed by atoms with Gasteiger partial charge in [-0.05, 0) is 43.9 Å². The first-order valence-electron chi connectivity index (χ1n) is 6.58. The Morgan fingerprint density at radius 2 is 2.35 bits per heavy atom. The Morgan fingerprint density at radius 1 is 1.53 bits per heavy atom. The summed E-state index contributed by atoms with van der Waals surface area (Å²) in [5.41, 5.74) is 7.21. The number of aromatic nitrogens is 1. The average molecular weight is 233 g/mol. The van der Waals surface area contributed by atoms with E-state index in [1.54, 1.807) is 0 Å². The number of nitrogens with zero attached hydrogens (tertiary/aromatic N) is 2. The highest BCUT2D eigenvalue weighted by molar-refractivity contribution is 5.15. The lowest BCUT2D eigenvalue weighted by atomic mass is 9.91. The predicted molar refractivity (Wildman–Crippen MR) is 70.6 cm³/mol. The van der Waals surface area contributed by atoms with E-state index in [1.807, 2.05) is 18.5 Å². The van der Waals surface area contributed by atoms with E-state index in [4.69, 9.17) is 5.73 Å². The highest BCUT2D eigenvalue weighted by atomic mass is 15.2. The molecule has 0 radical (unpaired) electrons. The van der Waals surface area contributed by atoms with Crippen LogP contribution in [0.25, 0.3) is 0 Å². The second-order valence-electron chi connectivity index (χ2n) is 5.25. The minimum Gasteiger partial charge on any atom is -0.329 e. The molecule has 1 aliphatic rings. The fourth-order valence-electron chi connectivity index (χ4n) is 2.92. The van der Waals surface area contributed by atoms with Gasteiger partial charge in [-0.3, -0.25) is 9.88 Å². The van der Waals surface area contributed by atoms with Crippen LogP contribution in [-0.2, 0) is 0 Å². The van der Waals surface area contributed by atoms with Gasteiger partial charge in [-0.15, -0.1) is 0 Å². The van der Waals surface area contributed by atoms with E-state index < -0.39 is 0 Å². The third-order valence-corrected chi connectivity index (χ3v) is 3.88. The van der Waals surface area contributed by atoms with Gasteiger partial charge in [-0.2, -0.15) is 0 Å². The van der Waals surface area contributed by atoms with Crippen LogP contribution in [0.4, 0.5) is 0 Å². The molecule has 0 bridgehead atoms. The van der Waals surface area contributed by atoms with Crippen molar-refractivity contribution in [1.29, 1.82) is 0 Å². The minimum absolute atomic E-state index is 0.325. The van der Waals surface area contributed by atoms with Crippen LogP contribution in [0.1, 0.15) is 38.3 Å². The Bertz CT molecular complexity index is 339. The van der Waals surface area contributed by atoms with Gasteiger partial charge in [0.25, 0.3) is 0 Å². The predicted octanol–water partition coefficient (Wildman–Crippen LogP) is 2.20. The standard InChI is InChI=1S/C14H23N3/c1-11-5-7-17(12(2)8-11)14(9-15)13-4-3-6-16-10-13/h3-4,6,10-12,14H,5,7-9,15H2,1-2H3. The van der Waals surface area contributed by atoms with E-state index in [2.05, 4.69) is 29.8 Å². The molecule has 0 spiro atoms. The first kappa shape index (κ1) is 12.5. The van der Waals surface area contributed by atoms with Crippen molar-refractivity contribution < 1.29 is 0 Å². The monoisotopic (exact) mass is 233 g/mol. The molecule has 3 nitrogen and oxygen atoms in total. The maximum atomic E-state index is 5.96. The number of pyridine rings is 1. The van der Waals surface area contributed by atoms with Gasteiger partial charge in [-0.1, -0.05) is 13.0 Å². The molecule has 1 aliphatic heterocycles. The third kappa shape index (κ3) is 2.85. The first-order chi connectivity index (χ1) is 8.22. The normalized spacial score (nSPS) is 27.9. The number of rotatable bonds is 3. The molecule has 2 rings (SSSR count). The summed E-state index contributed by atoms with van der Waals surface area (Å²) in [5.74, 6) is 0.841. The number of piperidine rings is 1. The molecule has 2 heterocycles. The molecular formula is C14H23N3. The van der Waals surface area contributed by atoms with Crippen LogP contribution in [0.15, 0.2) is 24.5 Å². The van der Waals surface area contributed by atoms with Gasteiger partial charge in [0, 0.05) is 31.0 Å². The number of hydrogen-bond acceptors (Lipinski definition) is 3. The summed E-state index contributed by atoms with van der Waals surface area (Å²) >= 11 is 0. The molecule has 0 amide bonds. The van der Waals surface area contributed by atoms with E-state index in [0.717, 1.165) is 12.5 Å². The molecule has 0 aromatic carbocycles. The van der Waals surface area contributed by atoms with Crippen molar-refractivity contribution >= 4 is 0 Å². The Hall–Kier alpha value is -0.930. The van der Waals surface area contributed by atoms with Crippen molar-refractivity contribution in [2.24, 2.45) is 11.7 Å². The highest BCUT2D eigenvalue weighted by Crippen LogP contribution is 2.29. The van der Waals surface area contributed by atoms with Crippen molar-refractivity contribution in [1.82, 2.24) is 9.88 Å². The van der Waals surface area contributed by atoms with Crippen molar-refractivity contribution in [2.75, 3.05) is 13.1 Å². The summed E-state index contributed by atoms with van der Waals surface area (Å²) in [6.45, 7) is 6.48. The van der Waals surface area contributed by atoms with Gasteiger partial charge >= 0.3 is 0 Å². The van der Waals surface area contributed by atoms with Gasteiger partial charge in [0.2, 0.25) is 0 Å². The largest absolute Gasteiger partial charge is 0.329 e. The van der Waals surface area contributed by atoms with E-state index in [1.165, 1.54) is 18.4 Å². The van der Waals surface area contributed by atoms with Crippen LogP contribution < -0.4 is 5.73 Å². The van der Waals surface area contributed by atoms with Gasteiger partial charge in [0.1, 0.15) is 0 Å². The molecule has 2 N–H and O–H groups in total. The Balaban J connectivity index is 2.13. The summed E-state index contributed by atoms with van der Waals surface area (Å²) in [6.07, 6.45) is 6.32. The summed E-state index contributed by atoms with van der Waals surface area (Å²) in [4.78, 5) is 6.74. The quantitative estimate of drug-likeness (QED) is 0.870. The molecule has 17 heavy (non-hydrogen) atoms. The summed E-state index contributed by atoms with van der Waals surface area (Å²) in [5, 5.41) is 0. The van der Waals surface area contributed by atoms with Crippen LogP contribution >= 0.6 is 0 Å². The Labute approximate surface area is 104 Å². The SMILES string of the molecule is CC1CCN(C(CN)c2cccnc2)C(C)C1. The van der Waals surface area contributed by atoms with E-state index in [9.17, 15) is 0 Å². The molecule has 1 fully saturated rings. The molecular weight excluding hydrogens is 210 g/mol. The maximum absolute atomic E-state index is 5.96. The summed E-state index contributed by atoms with van der Waals surface area (Å²) < 4.78 is 0. The van der Waals surface area contributed by atoms with Gasteiger partial charge in [0.15, 0.2) is 0 Å². The minimum atomic E-state index is 0.325. The molecule has 3 unspecified atom stereocenters. The van der Waals surface area contributed by atoms with Crippen molar-refractivity contribution in [2.45, 2.75) is 38.8 Å². The van der Waals surface area contributed by atoms with Gasteiger partial charge in [-0.25, -0.2) is 0 Å². The van der Waals surface area contributed by atoms with Crippen LogP contribution in [-0.4, -0.2) is 29.0 Å². The van der Waals surface area contributed by atoms with Crippen LogP contribution in [0.5, 0.6) is 0 Å². The fraction of sp³-hybridized carbons (Fsp3) is 0.643. The average Bonchev–Trinajstić information content (AvgIpc) is 2.34. The number of nitrogens with two attached hydrogens (primary N) is 1. The molecule has 94 valence electrons. The molecule has 1 saturated heterocycles. The fourth-order valence-corrected chi connectivity index (χ4v) is 2.92. The van der Waals surface area contributed by atoms with E-state index >= 15 is 0 Å². The van der Waals surface area contributed by atoms with Crippen molar-refractivity contribution in [3.05, 3.63) is 30.1 Å². The van der Waals surface area contributed by atoms with Crippen LogP contribution in [0.2, 0.25) is 0 Å². The van der Waals surface area contributed by atoms with Crippen LogP contribution in [0.3, 0.4) is 0 Å². The molecule has 1 aromatic heterocycles. The van der Waals surface area contributed by atoms with Gasteiger partial charge in [0.05, 0.1) is 0 Å². The summed E-state index contributed by atoms with van der Waals surface area (Å²) in [7, 11) is 0. The zero-order valence-electron chi connectivity index (χ0n) is 10.8. The zero-order chi connectivity index (χ0) is 12.3. The third-order valence-electron chi connectivity index (χ3n) is 3.88. The molecule has 3 heteroatoms. The second-order valence-corrected chi connectivity index (χ2v) is 5.25. The van der Waals surface area contributed by atoms with E-state index in [0.29, 0.717) is 18.6 Å². The molecule has 0 aliphatic carbocycles. The highest BCUT2D eigenvalue weighted by Gasteiger charge is 2.28. The maximum Gasteiger partial charge on any atom is 0.0488 e. The zero-order valence-corrected chi connectivity index (χ0v) is 10.8. The van der Waals surface area contributed by atoms with Crippen LogP contribution in [0, 0.1) is 5.92 Å². The molecule has 0 saturated carbocycles. The topological polar surface area (TPSA) is 42.1 Å². The van der Waals surface area contributed by atoms with Crippen molar-refractivity contribution in [3.63, 3.8) is 0 Å². The summed E-state index contributed by atoms with van der Waals surface area (Å²) in [6, 6.07) is 5.07. The number of likely N-dealkylation sites (tertiary alicyclic amines) is 1. The van der Waals surface area contributed by atoms with Crippen molar-refractivity contribution in [3.8, 4) is 0 Å². The lowest BCUT2D eigenvalue weighted by Crippen LogP contribution is -2.44. The lowest BCUT2D eigenvalue weighted by molar-refractivity contribution is 0.0846. The Morgan fingerprint density at radius 3 is 2.94 bits per heavy atom. The lowest BCUT2D eigenvalue weighted by Gasteiger charge is -2.41. The van der Waals surface area contributed by atoms with Gasteiger partial charge < -0.3 is 5.73 Å². The molecule has 1 aromatic rings. The second kappa shape index (κ2) is 5.61. The first-order valence-corrected chi connectivity index (χ1v) is 6.58. The molecule has 3 atom stereocenters.